The van der Waals surface area contributed by atoms with Crippen LogP contribution in [0.5, 0.6) is 0 Å². The summed E-state index contributed by atoms with van der Waals surface area (Å²) in [5, 5.41) is 16.1. The number of carbonyl (C=O) groups excluding carboxylic acids is 1. The molecule has 3 rings (SSSR count). The lowest BCUT2D eigenvalue weighted by atomic mass is 10.2. The van der Waals surface area contributed by atoms with Crippen molar-refractivity contribution in [3.05, 3.63) is 18.0 Å². The van der Waals surface area contributed by atoms with Crippen LogP contribution in [0.1, 0.15) is 51.8 Å². The highest BCUT2D eigenvalue weighted by Crippen LogP contribution is 2.18. The van der Waals surface area contributed by atoms with Crippen molar-refractivity contribution in [2.24, 2.45) is 0 Å². The van der Waals surface area contributed by atoms with Crippen LogP contribution in [0.3, 0.4) is 0 Å². The fraction of sp³-hybridized carbons (Fsp3) is 0.647. The van der Waals surface area contributed by atoms with E-state index in [2.05, 4.69) is 39.4 Å². The van der Waals surface area contributed by atoms with Crippen LogP contribution in [0.4, 0.5) is 5.82 Å². The topological polar surface area (TPSA) is 75.4 Å². The van der Waals surface area contributed by atoms with E-state index in [0.717, 1.165) is 43.2 Å². The highest BCUT2D eigenvalue weighted by atomic mass is 16.1. The van der Waals surface area contributed by atoms with Crippen molar-refractivity contribution in [1.82, 2.24) is 25.1 Å². The van der Waals surface area contributed by atoms with E-state index in [1.807, 2.05) is 12.1 Å². The second kappa shape index (κ2) is 7.59. The van der Waals surface area contributed by atoms with E-state index in [1.165, 1.54) is 12.8 Å². The Morgan fingerprint density at radius 2 is 2.00 bits per heavy atom. The molecule has 0 aliphatic heterocycles. The minimum Gasteiger partial charge on any atom is -0.356 e. The summed E-state index contributed by atoms with van der Waals surface area (Å²) >= 11 is 0. The number of hydrogen-bond donors (Lipinski definition) is 1. The first kappa shape index (κ1) is 16.7. The van der Waals surface area contributed by atoms with E-state index in [9.17, 15) is 4.79 Å². The molecule has 2 heterocycles. The molecule has 1 N–H and O–H groups in total. The van der Waals surface area contributed by atoms with Gasteiger partial charge in [0.1, 0.15) is 5.82 Å². The van der Waals surface area contributed by atoms with Gasteiger partial charge in [-0.2, -0.15) is 4.52 Å². The van der Waals surface area contributed by atoms with Gasteiger partial charge in [-0.15, -0.1) is 15.3 Å². The van der Waals surface area contributed by atoms with Gasteiger partial charge >= 0.3 is 0 Å². The summed E-state index contributed by atoms with van der Waals surface area (Å²) in [5.41, 5.74) is 0.720. The molecule has 0 bridgehead atoms. The lowest BCUT2D eigenvalue weighted by Gasteiger charge is -2.19. The number of fused-ring (bicyclic) bond motifs is 1. The molecule has 7 heteroatoms. The third-order valence-corrected chi connectivity index (χ3v) is 4.70. The molecule has 130 valence electrons. The number of anilines is 1. The molecule has 1 fully saturated rings. The molecule has 0 aromatic carbocycles. The van der Waals surface area contributed by atoms with Gasteiger partial charge in [0.25, 0.3) is 0 Å². The Balaban J connectivity index is 1.67. The largest absolute Gasteiger partial charge is 0.356 e. The van der Waals surface area contributed by atoms with Crippen LogP contribution < -0.4 is 10.2 Å². The quantitative estimate of drug-likeness (QED) is 0.840. The second-order valence-electron chi connectivity index (χ2n) is 6.30. The van der Waals surface area contributed by atoms with Crippen molar-refractivity contribution in [1.29, 1.82) is 0 Å². The third kappa shape index (κ3) is 3.66. The Morgan fingerprint density at radius 3 is 2.71 bits per heavy atom. The van der Waals surface area contributed by atoms with Gasteiger partial charge in [0.05, 0.1) is 0 Å². The second-order valence-corrected chi connectivity index (χ2v) is 6.30. The van der Waals surface area contributed by atoms with Crippen molar-refractivity contribution in [3.8, 4) is 0 Å². The molecule has 1 amide bonds. The molecule has 1 aliphatic rings. The minimum atomic E-state index is 0.0959. The summed E-state index contributed by atoms with van der Waals surface area (Å²) in [6.45, 7) is 6.01. The van der Waals surface area contributed by atoms with Crippen LogP contribution in [0.25, 0.3) is 5.65 Å². The Labute approximate surface area is 142 Å². The molecule has 1 aliphatic carbocycles. The Morgan fingerprint density at radius 1 is 1.25 bits per heavy atom. The fourth-order valence-corrected chi connectivity index (χ4v) is 3.29. The number of aryl methyl sites for hydroxylation is 1. The molecule has 2 aromatic heterocycles. The van der Waals surface area contributed by atoms with E-state index < -0.39 is 0 Å². The lowest BCUT2D eigenvalue weighted by Crippen LogP contribution is -2.32. The van der Waals surface area contributed by atoms with Crippen LogP contribution >= 0.6 is 0 Å². The third-order valence-electron chi connectivity index (χ3n) is 4.70. The number of nitrogens with one attached hydrogen (secondary N) is 1. The molecule has 0 radical (unpaired) electrons. The molecule has 0 atom stereocenters. The minimum absolute atomic E-state index is 0.0959. The highest BCUT2D eigenvalue weighted by molar-refractivity contribution is 5.76. The average Bonchev–Trinajstić information content (AvgIpc) is 3.23. The predicted molar refractivity (Wildman–Crippen MR) is 93.1 cm³/mol. The highest BCUT2D eigenvalue weighted by Gasteiger charge is 2.18. The zero-order valence-corrected chi connectivity index (χ0v) is 14.5. The number of rotatable bonds is 7. The van der Waals surface area contributed by atoms with Gasteiger partial charge < -0.3 is 10.2 Å². The number of nitrogens with zero attached hydrogens (tertiary/aromatic N) is 5. The van der Waals surface area contributed by atoms with Crippen molar-refractivity contribution in [2.75, 3.05) is 18.0 Å². The summed E-state index contributed by atoms with van der Waals surface area (Å²) in [7, 11) is 0. The van der Waals surface area contributed by atoms with Crippen LogP contribution in [0, 0.1) is 0 Å². The standard InChI is InChI=1S/C17H26N6O/c1-3-22(4-2)16-10-9-14-19-20-15(23(14)21-16)11-12-17(24)18-13-7-5-6-8-13/h9-10,13H,3-8,11-12H2,1-2H3,(H,18,24). The number of hydrogen-bond acceptors (Lipinski definition) is 5. The van der Waals surface area contributed by atoms with Crippen molar-refractivity contribution in [3.63, 3.8) is 0 Å². The summed E-state index contributed by atoms with van der Waals surface area (Å²) < 4.78 is 1.76. The predicted octanol–water partition coefficient (Wildman–Crippen LogP) is 1.96. The molecule has 0 saturated heterocycles. The van der Waals surface area contributed by atoms with Crippen LogP contribution in [0.2, 0.25) is 0 Å². The maximum atomic E-state index is 12.1. The first-order valence-electron chi connectivity index (χ1n) is 8.97. The first-order chi connectivity index (χ1) is 11.7. The summed E-state index contributed by atoms with van der Waals surface area (Å²) in [4.78, 5) is 14.3. The molecular formula is C17H26N6O. The number of amides is 1. The molecule has 24 heavy (non-hydrogen) atoms. The molecular weight excluding hydrogens is 304 g/mol. The van der Waals surface area contributed by atoms with E-state index in [0.29, 0.717) is 18.9 Å². The zero-order valence-electron chi connectivity index (χ0n) is 14.5. The van der Waals surface area contributed by atoms with Crippen LogP contribution in [0.15, 0.2) is 12.1 Å². The summed E-state index contributed by atoms with van der Waals surface area (Å²) in [5.74, 6) is 1.74. The molecule has 0 unspecified atom stereocenters. The molecule has 2 aromatic rings. The lowest BCUT2D eigenvalue weighted by molar-refractivity contribution is -0.121. The van der Waals surface area contributed by atoms with Gasteiger partial charge in [0.2, 0.25) is 5.91 Å². The Bertz CT molecular complexity index is 687. The van der Waals surface area contributed by atoms with Gasteiger partial charge in [0.15, 0.2) is 11.5 Å². The van der Waals surface area contributed by atoms with Gasteiger partial charge in [-0.25, -0.2) is 0 Å². The van der Waals surface area contributed by atoms with E-state index >= 15 is 0 Å². The van der Waals surface area contributed by atoms with Crippen LogP contribution in [-0.2, 0) is 11.2 Å². The first-order valence-corrected chi connectivity index (χ1v) is 8.97. The maximum Gasteiger partial charge on any atom is 0.220 e. The Hall–Kier alpha value is -2.18. The van der Waals surface area contributed by atoms with Crippen molar-refractivity contribution < 1.29 is 4.79 Å². The Kier molecular flexibility index (Phi) is 5.27. The van der Waals surface area contributed by atoms with E-state index in [4.69, 9.17) is 0 Å². The molecule has 7 nitrogen and oxygen atoms in total. The van der Waals surface area contributed by atoms with E-state index in [-0.39, 0.29) is 5.91 Å². The van der Waals surface area contributed by atoms with Gasteiger partial charge in [-0.3, -0.25) is 4.79 Å². The maximum absolute atomic E-state index is 12.1. The van der Waals surface area contributed by atoms with Crippen LogP contribution in [-0.4, -0.2) is 44.8 Å². The molecule has 1 saturated carbocycles. The van der Waals surface area contributed by atoms with Gasteiger partial charge in [-0.05, 0) is 38.8 Å². The SMILES string of the molecule is CCN(CC)c1ccc2nnc(CCC(=O)NC3CCCC3)n2n1. The van der Waals surface area contributed by atoms with Crippen molar-refractivity contribution in [2.45, 2.75) is 58.4 Å². The van der Waals surface area contributed by atoms with Crippen molar-refractivity contribution >= 4 is 17.4 Å². The zero-order chi connectivity index (χ0) is 16.9. The summed E-state index contributed by atoms with van der Waals surface area (Å²) in [6.07, 6.45) is 5.63. The fourth-order valence-electron chi connectivity index (χ4n) is 3.29. The number of aromatic nitrogens is 4. The summed E-state index contributed by atoms with van der Waals surface area (Å²) in [6, 6.07) is 4.25. The monoisotopic (exact) mass is 330 g/mol. The average molecular weight is 330 g/mol. The normalized spacial score (nSPS) is 15.1. The smallest absolute Gasteiger partial charge is 0.220 e. The van der Waals surface area contributed by atoms with E-state index in [1.54, 1.807) is 4.52 Å². The molecule has 0 spiro atoms. The van der Waals surface area contributed by atoms with Gasteiger partial charge in [-0.1, -0.05) is 12.8 Å². The van der Waals surface area contributed by atoms with Gasteiger partial charge in [0, 0.05) is 32.0 Å². The number of carbonyl (C=O) groups is 1.